The lowest BCUT2D eigenvalue weighted by Gasteiger charge is -2.33. The van der Waals surface area contributed by atoms with Gasteiger partial charge in [0.05, 0.1) is 6.20 Å². The minimum absolute atomic E-state index is 0.588. The lowest BCUT2D eigenvalue weighted by molar-refractivity contribution is 0.0729. The minimum atomic E-state index is 0.588. The molecule has 3 aromatic heterocycles. The van der Waals surface area contributed by atoms with E-state index in [9.17, 15) is 0 Å². The Labute approximate surface area is 177 Å². The van der Waals surface area contributed by atoms with Crippen LogP contribution in [0.3, 0.4) is 0 Å². The van der Waals surface area contributed by atoms with Crippen molar-refractivity contribution < 1.29 is 4.74 Å². The maximum absolute atomic E-state index is 5.48. The van der Waals surface area contributed by atoms with Gasteiger partial charge in [0.2, 0.25) is 0 Å². The molecule has 154 valence electrons. The van der Waals surface area contributed by atoms with E-state index in [1.165, 1.54) is 31.2 Å². The van der Waals surface area contributed by atoms with Crippen LogP contribution in [0.4, 0.5) is 0 Å². The Morgan fingerprint density at radius 1 is 1.03 bits per heavy atom. The zero-order chi connectivity index (χ0) is 19.8. The number of rotatable bonds is 4. The van der Waals surface area contributed by atoms with Gasteiger partial charge >= 0.3 is 0 Å². The van der Waals surface area contributed by atoms with E-state index in [1.54, 1.807) is 0 Å². The summed E-state index contributed by atoms with van der Waals surface area (Å²) in [4.78, 5) is 4.75. The second-order valence-electron chi connectivity index (χ2n) is 8.53. The molecule has 1 N–H and O–H groups in total. The summed E-state index contributed by atoms with van der Waals surface area (Å²) in [5.41, 5.74) is 4.51. The molecule has 4 heterocycles. The van der Waals surface area contributed by atoms with Crippen LogP contribution < -0.4 is 5.32 Å². The quantitative estimate of drug-likeness (QED) is 0.639. The third kappa shape index (κ3) is 3.96. The summed E-state index contributed by atoms with van der Waals surface area (Å²) in [5, 5.41) is 9.36. The van der Waals surface area contributed by atoms with Crippen molar-refractivity contribution in [3.05, 3.63) is 36.4 Å². The molecule has 0 aromatic carbocycles. The Kier molecular flexibility index (Phi) is 5.37. The topological polar surface area (TPSA) is 56.9 Å². The molecule has 0 amide bonds. The van der Waals surface area contributed by atoms with Crippen molar-refractivity contribution in [2.24, 2.45) is 7.05 Å². The van der Waals surface area contributed by atoms with E-state index in [0.29, 0.717) is 18.0 Å². The van der Waals surface area contributed by atoms with E-state index in [-0.39, 0.29) is 0 Å². The standard InChI is InChI=1S/C22H29N5OS/c1-26-13-17(12-24-26)21-14-27(29)22-20(21)10-16(11-23-22)15-2-4-18(5-3-15)25-19-6-8-28-9-7-19/h10-15,18-19,25,29H,2-9H2,1H3. The Bertz CT molecular complexity index is 982. The first-order valence-electron chi connectivity index (χ1n) is 10.7. The van der Waals surface area contributed by atoms with Gasteiger partial charge in [-0.3, -0.25) is 8.65 Å². The van der Waals surface area contributed by atoms with Crippen molar-refractivity contribution in [1.29, 1.82) is 0 Å². The summed E-state index contributed by atoms with van der Waals surface area (Å²) in [7, 11) is 1.94. The summed E-state index contributed by atoms with van der Waals surface area (Å²) >= 11 is 4.57. The Morgan fingerprint density at radius 3 is 2.52 bits per heavy atom. The molecule has 2 fully saturated rings. The van der Waals surface area contributed by atoms with Crippen molar-refractivity contribution in [1.82, 2.24) is 24.1 Å². The van der Waals surface area contributed by atoms with Crippen molar-refractivity contribution in [3.63, 3.8) is 0 Å². The van der Waals surface area contributed by atoms with Gasteiger partial charge in [0.25, 0.3) is 0 Å². The predicted molar refractivity (Wildman–Crippen MR) is 118 cm³/mol. The van der Waals surface area contributed by atoms with E-state index in [1.807, 2.05) is 34.3 Å². The first kappa shape index (κ1) is 19.2. The molecule has 0 atom stereocenters. The lowest BCUT2D eigenvalue weighted by Crippen LogP contribution is -2.43. The average molecular weight is 412 g/mol. The molecule has 0 radical (unpaired) electrons. The fourth-order valence-electron chi connectivity index (χ4n) is 4.91. The Balaban J connectivity index is 1.32. The van der Waals surface area contributed by atoms with Gasteiger partial charge in [-0.25, -0.2) is 4.98 Å². The number of aryl methyl sites for hydroxylation is 1. The van der Waals surface area contributed by atoms with Crippen LogP contribution in [0, 0.1) is 0 Å². The van der Waals surface area contributed by atoms with Crippen LogP contribution in [0.2, 0.25) is 0 Å². The first-order chi connectivity index (χ1) is 14.2. The molecule has 0 spiro atoms. The maximum atomic E-state index is 5.48. The first-order valence-corrected chi connectivity index (χ1v) is 11.1. The second-order valence-corrected chi connectivity index (χ2v) is 8.96. The van der Waals surface area contributed by atoms with Gasteiger partial charge in [-0.1, -0.05) is 12.8 Å². The van der Waals surface area contributed by atoms with Crippen molar-refractivity contribution in [2.75, 3.05) is 13.2 Å². The Hall–Kier alpha value is -1.83. The van der Waals surface area contributed by atoms with E-state index in [2.05, 4.69) is 35.5 Å². The second kappa shape index (κ2) is 8.13. The summed E-state index contributed by atoms with van der Waals surface area (Å²) in [6.07, 6.45) is 15.3. The molecule has 1 saturated carbocycles. The molecule has 7 heteroatoms. The maximum Gasteiger partial charge on any atom is 0.150 e. The monoisotopic (exact) mass is 411 g/mol. The Morgan fingerprint density at radius 2 is 1.79 bits per heavy atom. The molecule has 2 aliphatic rings. The molecule has 1 aliphatic heterocycles. The van der Waals surface area contributed by atoms with Gasteiger partial charge in [-0.05, 0) is 56.1 Å². The number of fused-ring (bicyclic) bond motifs is 1. The molecule has 6 nitrogen and oxygen atoms in total. The number of ether oxygens (including phenoxy) is 1. The summed E-state index contributed by atoms with van der Waals surface area (Å²) in [6, 6.07) is 3.62. The van der Waals surface area contributed by atoms with Gasteiger partial charge in [-0.2, -0.15) is 5.10 Å². The molecule has 0 unspecified atom stereocenters. The zero-order valence-electron chi connectivity index (χ0n) is 16.9. The third-order valence-electron chi connectivity index (χ3n) is 6.55. The summed E-state index contributed by atoms with van der Waals surface area (Å²) in [5.74, 6) is 0.588. The van der Waals surface area contributed by atoms with Crippen LogP contribution in [0.25, 0.3) is 22.2 Å². The van der Waals surface area contributed by atoms with Crippen LogP contribution >= 0.6 is 12.8 Å². The van der Waals surface area contributed by atoms with Crippen LogP contribution in [-0.2, 0) is 11.8 Å². The third-order valence-corrected chi connectivity index (χ3v) is 6.86. The summed E-state index contributed by atoms with van der Waals surface area (Å²) in [6.45, 7) is 1.81. The van der Waals surface area contributed by atoms with Crippen LogP contribution in [-0.4, -0.2) is 44.0 Å². The normalized spacial score (nSPS) is 23.7. The van der Waals surface area contributed by atoms with E-state index in [4.69, 9.17) is 9.72 Å². The molecule has 1 saturated heterocycles. The average Bonchev–Trinajstić information content (AvgIpc) is 3.32. The fraction of sp³-hybridized carbons (Fsp3) is 0.545. The molecular formula is C22H29N5OS. The van der Waals surface area contributed by atoms with E-state index in [0.717, 1.165) is 48.2 Å². The van der Waals surface area contributed by atoms with Gasteiger partial charge < -0.3 is 10.1 Å². The van der Waals surface area contributed by atoms with Crippen molar-refractivity contribution >= 4 is 23.8 Å². The minimum Gasteiger partial charge on any atom is -0.381 e. The number of aromatic nitrogens is 4. The van der Waals surface area contributed by atoms with Crippen molar-refractivity contribution in [2.45, 2.75) is 56.5 Å². The van der Waals surface area contributed by atoms with Gasteiger partial charge in [0.1, 0.15) is 5.65 Å². The SMILES string of the molecule is Cn1cc(-c2cn(S)c3ncc(C4CCC(NC5CCOCC5)CC4)cc23)cn1. The van der Waals surface area contributed by atoms with E-state index < -0.39 is 0 Å². The van der Waals surface area contributed by atoms with Gasteiger partial charge in [-0.15, -0.1) is 0 Å². The van der Waals surface area contributed by atoms with Gasteiger partial charge in [0.15, 0.2) is 0 Å². The van der Waals surface area contributed by atoms with Crippen molar-refractivity contribution in [3.8, 4) is 11.1 Å². The predicted octanol–water partition coefficient (Wildman–Crippen LogP) is 3.92. The highest BCUT2D eigenvalue weighted by atomic mass is 32.1. The smallest absolute Gasteiger partial charge is 0.150 e. The highest BCUT2D eigenvalue weighted by molar-refractivity contribution is 7.78. The van der Waals surface area contributed by atoms with E-state index >= 15 is 0 Å². The molecule has 1 aliphatic carbocycles. The zero-order valence-corrected chi connectivity index (χ0v) is 17.8. The highest BCUT2D eigenvalue weighted by Crippen LogP contribution is 2.37. The molecule has 5 rings (SSSR count). The number of thiol groups is 1. The number of nitrogens with one attached hydrogen (secondary N) is 1. The number of hydrogen-bond donors (Lipinski definition) is 2. The van der Waals surface area contributed by atoms with Crippen LogP contribution in [0.5, 0.6) is 0 Å². The molecule has 0 bridgehead atoms. The summed E-state index contributed by atoms with van der Waals surface area (Å²) < 4.78 is 9.13. The molecule has 3 aromatic rings. The molecule has 29 heavy (non-hydrogen) atoms. The number of nitrogens with zero attached hydrogens (tertiary/aromatic N) is 4. The highest BCUT2D eigenvalue weighted by Gasteiger charge is 2.26. The lowest BCUT2D eigenvalue weighted by atomic mass is 9.81. The fourth-order valence-corrected chi connectivity index (χ4v) is 5.19. The number of pyridine rings is 1. The van der Waals surface area contributed by atoms with Crippen LogP contribution in [0.15, 0.2) is 30.9 Å². The molecular weight excluding hydrogens is 382 g/mol. The largest absolute Gasteiger partial charge is 0.381 e. The number of hydrogen-bond acceptors (Lipinski definition) is 5. The van der Waals surface area contributed by atoms with Gasteiger partial charge in [0, 0.05) is 67.4 Å². The van der Waals surface area contributed by atoms with Crippen LogP contribution in [0.1, 0.15) is 50.0 Å².